The molecule has 0 aromatic heterocycles. The fraction of sp³-hybridized carbons (Fsp3) is 0.455. The molecule has 0 N–H and O–H groups in total. The molecule has 86 valence electrons. The van der Waals surface area contributed by atoms with Crippen LogP contribution in [0.4, 0.5) is 11.4 Å². The van der Waals surface area contributed by atoms with Crippen molar-refractivity contribution in [1.82, 2.24) is 0 Å². The van der Waals surface area contributed by atoms with E-state index in [1.54, 1.807) is 6.07 Å². The van der Waals surface area contributed by atoms with E-state index in [2.05, 4.69) is 20.8 Å². The first-order valence-corrected chi connectivity index (χ1v) is 6.16. The Kier molecular flexibility index (Phi) is 3.43. The van der Waals surface area contributed by atoms with Crippen LogP contribution in [-0.4, -0.2) is 18.0 Å². The van der Waals surface area contributed by atoms with Crippen molar-refractivity contribution < 1.29 is 4.92 Å². The number of piperidine rings is 1. The van der Waals surface area contributed by atoms with Gasteiger partial charge in [-0.1, -0.05) is 15.9 Å². The van der Waals surface area contributed by atoms with Gasteiger partial charge >= 0.3 is 0 Å². The minimum absolute atomic E-state index is 0.148. The van der Waals surface area contributed by atoms with E-state index < -0.39 is 0 Å². The minimum atomic E-state index is -0.349. The summed E-state index contributed by atoms with van der Waals surface area (Å²) >= 11 is 3.32. The molecule has 16 heavy (non-hydrogen) atoms. The molecule has 0 amide bonds. The highest BCUT2D eigenvalue weighted by atomic mass is 79.9. The number of halogens is 1. The highest BCUT2D eigenvalue weighted by molar-refractivity contribution is 9.10. The molecule has 1 aliphatic heterocycles. The molecule has 0 atom stereocenters. The van der Waals surface area contributed by atoms with Crippen LogP contribution in [0.5, 0.6) is 0 Å². The normalized spacial score (nSPS) is 16.2. The smallest absolute Gasteiger partial charge is 0.272 e. The third kappa shape index (κ3) is 2.52. The first-order chi connectivity index (χ1) is 7.66. The molecule has 0 spiro atoms. The van der Waals surface area contributed by atoms with Gasteiger partial charge < -0.3 is 4.90 Å². The second-order valence-corrected chi connectivity index (χ2v) is 4.89. The molecule has 1 aliphatic rings. The summed E-state index contributed by atoms with van der Waals surface area (Å²) in [6.07, 6.45) is 3.59. The van der Waals surface area contributed by atoms with Gasteiger partial charge in [-0.3, -0.25) is 10.1 Å². The topological polar surface area (TPSA) is 46.4 Å². The number of benzene rings is 1. The summed E-state index contributed by atoms with van der Waals surface area (Å²) in [6, 6.07) is 5.13. The van der Waals surface area contributed by atoms with Crippen LogP contribution in [0.1, 0.15) is 19.3 Å². The van der Waals surface area contributed by atoms with Gasteiger partial charge in [-0.05, 0) is 25.3 Å². The van der Waals surface area contributed by atoms with Gasteiger partial charge in [-0.25, -0.2) is 0 Å². The maximum Gasteiger partial charge on any atom is 0.272 e. The van der Waals surface area contributed by atoms with Crippen molar-refractivity contribution in [3.8, 4) is 0 Å². The number of nitro benzene ring substituents is 1. The Hall–Kier alpha value is -1.10. The maximum atomic E-state index is 10.8. The van der Waals surface area contributed by atoms with Crippen molar-refractivity contribution in [2.24, 2.45) is 0 Å². The summed E-state index contributed by atoms with van der Waals surface area (Å²) in [5.74, 6) is 0. The third-order valence-electron chi connectivity index (χ3n) is 2.80. The number of hydrogen-bond donors (Lipinski definition) is 0. The standard InChI is InChI=1S/C11H13BrN2O2/c12-9-6-10(8-11(7-9)14(15)16)13-4-2-1-3-5-13/h6-8H,1-5H2. The Morgan fingerprint density at radius 1 is 1.19 bits per heavy atom. The molecule has 1 aromatic carbocycles. The van der Waals surface area contributed by atoms with E-state index in [0.717, 1.165) is 23.2 Å². The number of hydrogen-bond acceptors (Lipinski definition) is 3. The van der Waals surface area contributed by atoms with E-state index in [0.29, 0.717) is 0 Å². The van der Waals surface area contributed by atoms with Crippen LogP contribution >= 0.6 is 15.9 Å². The lowest BCUT2D eigenvalue weighted by Crippen LogP contribution is -2.29. The van der Waals surface area contributed by atoms with Crippen molar-refractivity contribution >= 4 is 27.3 Å². The van der Waals surface area contributed by atoms with Gasteiger partial charge in [0.2, 0.25) is 0 Å². The molecule has 1 fully saturated rings. The van der Waals surface area contributed by atoms with Crippen LogP contribution in [0.3, 0.4) is 0 Å². The molecule has 0 aliphatic carbocycles. The van der Waals surface area contributed by atoms with Gasteiger partial charge in [0.25, 0.3) is 5.69 Å². The van der Waals surface area contributed by atoms with E-state index in [9.17, 15) is 10.1 Å². The van der Waals surface area contributed by atoms with E-state index in [1.807, 2.05) is 6.07 Å². The zero-order valence-electron chi connectivity index (χ0n) is 8.86. The van der Waals surface area contributed by atoms with Crippen LogP contribution < -0.4 is 4.90 Å². The van der Waals surface area contributed by atoms with Crippen molar-refractivity contribution in [1.29, 1.82) is 0 Å². The number of nitrogens with zero attached hydrogens (tertiary/aromatic N) is 2. The van der Waals surface area contributed by atoms with Gasteiger partial charge in [0, 0.05) is 35.4 Å². The summed E-state index contributed by atoms with van der Waals surface area (Å²) in [5, 5.41) is 10.8. The number of non-ortho nitro benzene ring substituents is 1. The molecule has 1 heterocycles. The fourth-order valence-electron chi connectivity index (χ4n) is 2.00. The van der Waals surface area contributed by atoms with E-state index in [1.165, 1.54) is 25.3 Å². The molecule has 0 saturated carbocycles. The quantitative estimate of drug-likeness (QED) is 0.618. The highest BCUT2D eigenvalue weighted by Crippen LogP contribution is 2.28. The third-order valence-corrected chi connectivity index (χ3v) is 3.26. The van der Waals surface area contributed by atoms with Crippen LogP contribution in [0, 0.1) is 10.1 Å². The number of nitro groups is 1. The van der Waals surface area contributed by atoms with Gasteiger partial charge in [0.05, 0.1) is 4.92 Å². The zero-order valence-corrected chi connectivity index (χ0v) is 10.4. The second kappa shape index (κ2) is 4.82. The van der Waals surface area contributed by atoms with Gasteiger partial charge in [0.15, 0.2) is 0 Å². The van der Waals surface area contributed by atoms with Gasteiger partial charge in [0.1, 0.15) is 0 Å². The molecule has 1 saturated heterocycles. The molecule has 5 heteroatoms. The Morgan fingerprint density at radius 3 is 2.50 bits per heavy atom. The Bertz CT molecular complexity index is 403. The largest absolute Gasteiger partial charge is 0.371 e. The summed E-state index contributed by atoms with van der Waals surface area (Å²) in [6.45, 7) is 1.99. The molecule has 0 radical (unpaired) electrons. The Balaban J connectivity index is 2.28. The molecular weight excluding hydrogens is 272 g/mol. The van der Waals surface area contributed by atoms with E-state index in [-0.39, 0.29) is 10.6 Å². The molecular formula is C11H13BrN2O2. The Morgan fingerprint density at radius 2 is 1.88 bits per heavy atom. The summed E-state index contributed by atoms with van der Waals surface area (Å²) in [4.78, 5) is 12.6. The first kappa shape index (κ1) is 11.4. The predicted octanol–water partition coefficient (Wildman–Crippen LogP) is 3.35. The Labute approximate surface area is 103 Å². The van der Waals surface area contributed by atoms with E-state index >= 15 is 0 Å². The van der Waals surface area contributed by atoms with Crippen LogP contribution in [-0.2, 0) is 0 Å². The van der Waals surface area contributed by atoms with Crippen molar-refractivity contribution in [3.63, 3.8) is 0 Å². The summed E-state index contributed by atoms with van der Waals surface area (Å²) in [5.41, 5.74) is 1.09. The van der Waals surface area contributed by atoms with Crippen molar-refractivity contribution in [2.75, 3.05) is 18.0 Å². The second-order valence-electron chi connectivity index (χ2n) is 3.97. The van der Waals surface area contributed by atoms with E-state index in [4.69, 9.17) is 0 Å². The highest BCUT2D eigenvalue weighted by Gasteiger charge is 2.15. The lowest BCUT2D eigenvalue weighted by Gasteiger charge is -2.28. The number of anilines is 1. The monoisotopic (exact) mass is 284 g/mol. The van der Waals surface area contributed by atoms with Gasteiger partial charge in [-0.2, -0.15) is 0 Å². The summed E-state index contributed by atoms with van der Waals surface area (Å²) < 4.78 is 0.766. The average molecular weight is 285 g/mol. The fourth-order valence-corrected chi connectivity index (χ4v) is 2.47. The first-order valence-electron chi connectivity index (χ1n) is 5.37. The van der Waals surface area contributed by atoms with Crippen LogP contribution in [0.25, 0.3) is 0 Å². The number of rotatable bonds is 2. The van der Waals surface area contributed by atoms with Crippen LogP contribution in [0.2, 0.25) is 0 Å². The molecule has 0 bridgehead atoms. The lowest BCUT2D eigenvalue weighted by molar-refractivity contribution is -0.384. The van der Waals surface area contributed by atoms with Crippen molar-refractivity contribution in [2.45, 2.75) is 19.3 Å². The molecule has 4 nitrogen and oxygen atoms in total. The molecule has 2 rings (SSSR count). The predicted molar refractivity (Wildman–Crippen MR) is 66.9 cm³/mol. The molecule has 1 aromatic rings. The van der Waals surface area contributed by atoms with Crippen LogP contribution in [0.15, 0.2) is 22.7 Å². The molecule has 0 unspecified atom stereocenters. The zero-order chi connectivity index (χ0) is 11.5. The SMILES string of the molecule is O=[N+]([O-])c1cc(Br)cc(N2CCCCC2)c1. The van der Waals surface area contributed by atoms with Gasteiger partial charge in [-0.15, -0.1) is 0 Å². The summed E-state index contributed by atoms with van der Waals surface area (Å²) in [7, 11) is 0. The lowest BCUT2D eigenvalue weighted by atomic mass is 10.1. The maximum absolute atomic E-state index is 10.8. The minimum Gasteiger partial charge on any atom is -0.371 e. The average Bonchev–Trinajstić information content (AvgIpc) is 2.29. The van der Waals surface area contributed by atoms with Crippen molar-refractivity contribution in [3.05, 3.63) is 32.8 Å².